The lowest BCUT2D eigenvalue weighted by atomic mass is 10.1. The van der Waals surface area contributed by atoms with Gasteiger partial charge in [-0.15, -0.1) is 0 Å². The van der Waals surface area contributed by atoms with Crippen molar-refractivity contribution in [3.63, 3.8) is 0 Å². The molecule has 1 rings (SSSR count). The molecule has 0 unspecified atom stereocenters. The molecule has 0 fully saturated rings. The Morgan fingerprint density at radius 1 is 1.05 bits per heavy atom. The molecule has 0 amide bonds. The van der Waals surface area contributed by atoms with Crippen LogP contribution in [0.3, 0.4) is 0 Å². The van der Waals surface area contributed by atoms with Gasteiger partial charge in [0, 0.05) is 7.05 Å². The van der Waals surface area contributed by atoms with Gasteiger partial charge in [-0.25, -0.2) is 18.0 Å². The Labute approximate surface area is 123 Å². The second-order valence-corrected chi connectivity index (χ2v) is 6.41. The lowest BCUT2D eigenvalue weighted by Gasteiger charge is -2.19. The molecule has 0 aliphatic rings. The molecule has 0 radical (unpaired) electrons. The molecule has 0 bridgehead atoms. The van der Waals surface area contributed by atoms with Gasteiger partial charge >= 0.3 is 11.9 Å². The normalized spacial score (nSPS) is 10.9. The van der Waals surface area contributed by atoms with E-state index in [1.54, 1.807) is 0 Å². The largest absolute Gasteiger partial charge is 0.465 e. The van der Waals surface area contributed by atoms with Crippen molar-refractivity contribution >= 4 is 27.6 Å². The zero-order chi connectivity index (χ0) is 16.2. The van der Waals surface area contributed by atoms with Crippen molar-refractivity contribution < 1.29 is 27.5 Å². The third-order valence-corrected chi connectivity index (χ3v) is 4.68. The number of rotatable bonds is 5. The van der Waals surface area contributed by atoms with Crippen LogP contribution in [0.5, 0.6) is 0 Å². The highest BCUT2D eigenvalue weighted by molar-refractivity contribution is 7.92. The van der Waals surface area contributed by atoms with Gasteiger partial charge in [-0.05, 0) is 25.1 Å². The van der Waals surface area contributed by atoms with Crippen LogP contribution >= 0.6 is 0 Å². The number of hydrogen-bond acceptors (Lipinski definition) is 6. The molecule has 0 spiro atoms. The van der Waals surface area contributed by atoms with Crippen LogP contribution in [-0.2, 0) is 19.5 Å². The van der Waals surface area contributed by atoms with Gasteiger partial charge in [0.15, 0.2) is 0 Å². The first kappa shape index (κ1) is 17.0. The first-order valence-electron chi connectivity index (χ1n) is 6.05. The molecule has 21 heavy (non-hydrogen) atoms. The maximum absolute atomic E-state index is 11.9. The number of hydrogen-bond donors (Lipinski definition) is 0. The van der Waals surface area contributed by atoms with E-state index in [-0.39, 0.29) is 22.6 Å². The summed E-state index contributed by atoms with van der Waals surface area (Å²) < 4.78 is 34.0. The van der Waals surface area contributed by atoms with E-state index in [2.05, 4.69) is 9.47 Å². The van der Waals surface area contributed by atoms with Crippen molar-refractivity contribution in [2.24, 2.45) is 0 Å². The summed E-state index contributed by atoms with van der Waals surface area (Å²) in [6, 6.07) is 3.96. The molecule has 1 aromatic carbocycles. The third kappa shape index (κ3) is 3.72. The first-order valence-corrected chi connectivity index (χ1v) is 7.66. The van der Waals surface area contributed by atoms with Crippen molar-refractivity contribution in [1.29, 1.82) is 0 Å². The van der Waals surface area contributed by atoms with Crippen LogP contribution in [0.4, 0.5) is 5.69 Å². The summed E-state index contributed by atoms with van der Waals surface area (Å²) in [5.41, 5.74) is 0.308. The number of benzene rings is 1. The molecule has 0 aliphatic heterocycles. The van der Waals surface area contributed by atoms with Crippen LogP contribution in [0.2, 0.25) is 0 Å². The zero-order valence-corrected chi connectivity index (χ0v) is 13.1. The van der Waals surface area contributed by atoms with Crippen molar-refractivity contribution in [1.82, 2.24) is 0 Å². The molecule has 0 saturated heterocycles. The molecule has 0 N–H and O–H groups in total. The summed E-state index contributed by atoms with van der Waals surface area (Å²) in [6.07, 6.45) is 0. The average molecular weight is 315 g/mol. The fourth-order valence-corrected chi connectivity index (χ4v) is 2.43. The Bertz CT molecular complexity index is 618. The molecule has 0 atom stereocenters. The third-order valence-electron chi connectivity index (χ3n) is 2.91. The molecule has 0 aliphatic carbocycles. The van der Waals surface area contributed by atoms with Crippen LogP contribution in [0, 0.1) is 0 Å². The van der Waals surface area contributed by atoms with Gasteiger partial charge in [-0.3, -0.25) is 4.31 Å². The van der Waals surface area contributed by atoms with E-state index in [1.165, 1.54) is 46.4 Å². The van der Waals surface area contributed by atoms with Crippen molar-refractivity contribution in [2.75, 3.05) is 31.3 Å². The number of esters is 2. The summed E-state index contributed by atoms with van der Waals surface area (Å²) >= 11 is 0. The number of ether oxygens (including phenoxy) is 2. The molecule has 0 aromatic heterocycles. The molecule has 7 nitrogen and oxygen atoms in total. The first-order chi connectivity index (χ1) is 9.76. The topological polar surface area (TPSA) is 90.0 Å². The number of nitrogens with zero attached hydrogens (tertiary/aromatic N) is 1. The molecule has 0 saturated carbocycles. The van der Waals surface area contributed by atoms with Crippen molar-refractivity contribution in [2.45, 2.75) is 6.92 Å². The molecular formula is C13H17NO6S. The van der Waals surface area contributed by atoms with E-state index >= 15 is 0 Å². The molecule has 1 aromatic rings. The van der Waals surface area contributed by atoms with Crippen LogP contribution in [0.15, 0.2) is 18.2 Å². The molecular weight excluding hydrogens is 298 g/mol. The Hall–Kier alpha value is -2.09. The van der Waals surface area contributed by atoms with Crippen LogP contribution in [-0.4, -0.2) is 47.4 Å². The number of carbonyl (C=O) groups is 2. The fourth-order valence-electron chi connectivity index (χ4n) is 1.62. The lowest BCUT2D eigenvalue weighted by Crippen LogP contribution is -2.28. The molecule has 8 heteroatoms. The van der Waals surface area contributed by atoms with Gasteiger partial charge in [0.05, 0.1) is 36.8 Å². The van der Waals surface area contributed by atoms with Crippen molar-refractivity contribution in [3.05, 3.63) is 29.3 Å². The van der Waals surface area contributed by atoms with Crippen LogP contribution < -0.4 is 4.31 Å². The van der Waals surface area contributed by atoms with E-state index in [0.717, 1.165) is 4.31 Å². The molecule has 0 heterocycles. The Morgan fingerprint density at radius 3 is 1.81 bits per heavy atom. The smallest absolute Gasteiger partial charge is 0.337 e. The summed E-state index contributed by atoms with van der Waals surface area (Å²) in [4.78, 5) is 23.3. The predicted molar refractivity (Wildman–Crippen MR) is 77.0 cm³/mol. The molecule has 116 valence electrons. The minimum atomic E-state index is -3.52. The van der Waals surface area contributed by atoms with E-state index in [4.69, 9.17) is 0 Å². The minimum absolute atomic E-state index is 0.0635. The SMILES string of the molecule is CCS(=O)(=O)N(C)c1cc(C(=O)OC)cc(C(=O)OC)c1. The van der Waals surface area contributed by atoms with E-state index in [9.17, 15) is 18.0 Å². The highest BCUT2D eigenvalue weighted by Crippen LogP contribution is 2.22. The number of methoxy groups -OCH3 is 2. The van der Waals surface area contributed by atoms with Gasteiger partial charge in [-0.2, -0.15) is 0 Å². The van der Waals surface area contributed by atoms with Gasteiger partial charge in [-0.1, -0.05) is 0 Å². The van der Waals surface area contributed by atoms with E-state index < -0.39 is 22.0 Å². The second kappa shape index (κ2) is 6.57. The fraction of sp³-hybridized carbons (Fsp3) is 0.385. The maximum Gasteiger partial charge on any atom is 0.337 e. The Kier molecular flexibility index (Phi) is 5.31. The summed E-state index contributed by atoms with van der Waals surface area (Å²) in [7, 11) is 0.211. The van der Waals surface area contributed by atoms with Gasteiger partial charge in [0.25, 0.3) is 0 Å². The maximum atomic E-state index is 11.9. The zero-order valence-electron chi connectivity index (χ0n) is 12.2. The second-order valence-electron chi connectivity index (χ2n) is 4.12. The van der Waals surface area contributed by atoms with E-state index in [0.29, 0.717) is 0 Å². The summed E-state index contributed by atoms with van der Waals surface area (Å²) in [5.74, 6) is -1.46. The van der Waals surface area contributed by atoms with Gasteiger partial charge < -0.3 is 9.47 Å². The predicted octanol–water partition coefficient (Wildman–Crippen LogP) is 1.05. The average Bonchev–Trinajstić information content (AvgIpc) is 2.51. The highest BCUT2D eigenvalue weighted by atomic mass is 32.2. The lowest BCUT2D eigenvalue weighted by molar-refractivity contribution is 0.0599. The van der Waals surface area contributed by atoms with Crippen LogP contribution in [0.25, 0.3) is 0 Å². The summed E-state index contributed by atoms with van der Waals surface area (Å²) in [6.45, 7) is 1.50. The quantitative estimate of drug-likeness (QED) is 0.754. The Balaban J connectivity index is 3.45. The monoisotopic (exact) mass is 315 g/mol. The minimum Gasteiger partial charge on any atom is -0.465 e. The standard InChI is InChI=1S/C13H17NO6S/c1-5-21(17,18)14(2)11-7-9(12(15)19-3)6-10(8-11)13(16)20-4/h6-8H,5H2,1-4H3. The van der Waals surface area contributed by atoms with E-state index in [1.807, 2.05) is 0 Å². The van der Waals surface area contributed by atoms with Gasteiger partial charge in [0.1, 0.15) is 0 Å². The number of carbonyl (C=O) groups excluding carboxylic acids is 2. The van der Waals surface area contributed by atoms with Crippen molar-refractivity contribution in [3.8, 4) is 0 Å². The Morgan fingerprint density at radius 2 is 1.48 bits per heavy atom. The van der Waals surface area contributed by atoms with Crippen LogP contribution in [0.1, 0.15) is 27.6 Å². The number of sulfonamides is 1. The number of anilines is 1. The highest BCUT2D eigenvalue weighted by Gasteiger charge is 2.20. The summed E-state index contributed by atoms with van der Waals surface area (Å²) in [5, 5.41) is 0. The van der Waals surface area contributed by atoms with Gasteiger partial charge in [0.2, 0.25) is 10.0 Å².